The first kappa shape index (κ1) is 12.8. The number of aliphatic hydroxyl groups is 1. The molecule has 2 aliphatic heterocycles. The molecule has 3 rings (SSSR count). The molecule has 2 unspecified atom stereocenters. The van der Waals surface area contributed by atoms with Crippen LogP contribution >= 0.6 is 0 Å². The van der Waals surface area contributed by atoms with E-state index in [-0.39, 0.29) is 0 Å². The highest BCUT2D eigenvalue weighted by Gasteiger charge is 2.20. The van der Waals surface area contributed by atoms with Gasteiger partial charge in [0.25, 0.3) is 0 Å². The molecular weight excluding hydrogens is 242 g/mol. The zero-order chi connectivity index (χ0) is 13.1. The third-order valence-electron chi connectivity index (χ3n) is 3.83. The number of hydrogen-bond acceptors (Lipinski definition) is 4. The number of nitrogens with one attached hydrogen (secondary N) is 1. The van der Waals surface area contributed by atoms with Gasteiger partial charge >= 0.3 is 0 Å². The van der Waals surface area contributed by atoms with Crippen molar-refractivity contribution in [2.45, 2.75) is 37.8 Å². The Balaban J connectivity index is 1.71. The van der Waals surface area contributed by atoms with Gasteiger partial charge < -0.3 is 19.9 Å². The van der Waals surface area contributed by atoms with Gasteiger partial charge in [-0.15, -0.1) is 0 Å². The Hall–Kier alpha value is -1.26. The predicted octanol–water partition coefficient (Wildman–Crippen LogP) is 2.02. The minimum atomic E-state index is -0.437. The van der Waals surface area contributed by atoms with Crippen LogP contribution in [0.1, 0.15) is 37.4 Å². The molecular formula is C15H21NO3. The van der Waals surface area contributed by atoms with Crippen LogP contribution < -0.4 is 14.8 Å². The number of benzene rings is 1. The quantitative estimate of drug-likeness (QED) is 0.876. The zero-order valence-electron chi connectivity index (χ0n) is 11.1. The Morgan fingerprint density at radius 2 is 2.05 bits per heavy atom. The fraction of sp³-hybridized carbons (Fsp3) is 0.600. The number of rotatable bonds is 3. The number of hydrogen-bond donors (Lipinski definition) is 2. The molecule has 19 heavy (non-hydrogen) atoms. The van der Waals surface area contributed by atoms with Gasteiger partial charge in [0.05, 0.1) is 19.3 Å². The Labute approximate surface area is 113 Å². The van der Waals surface area contributed by atoms with E-state index in [1.54, 1.807) is 0 Å². The summed E-state index contributed by atoms with van der Waals surface area (Å²) in [5.74, 6) is 1.54. The molecule has 1 fully saturated rings. The Morgan fingerprint density at radius 1 is 1.21 bits per heavy atom. The molecule has 0 radical (unpaired) electrons. The highest BCUT2D eigenvalue weighted by Crippen LogP contribution is 2.33. The van der Waals surface area contributed by atoms with Gasteiger partial charge in [0.1, 0.15) is 0 Å². The standard InChI is InChI=1S/C15H21NO3/c17-13(10-12-3-1-6-16-12)11-4-5-14-15(9-11)19-8-2-7-18-14/h4-5,9,12-13,16-17H,1-3,6-8,10H2. The van der Waals surface area contributed by atoms with Gasteiger partial charge in [-0.25, -0.2) is 0 Å². The second-order valence-corrected chi connectivity index (χ2v) is 5.30. The molecule has 2 N–H and O–H groups in total. The third kappa shape index (κ3) is 3.01. The van der Waals surface area contributed by atoms with Crippen LogP contribution in [0, 0.1) is 0 Å². The minimum absolute atomic E-state index is 0.436. The molecule has 1 saturated heterocycles. The van der Waals surface area contributed by atoms with Crippen LogP contribution in [0.4, 0.5) is 0 Å². The Morgan fingerprint density at radius 3 is 2.84 bits per heavy atom. The van der Waals surface area contributed by atoms with Crippen LogP contribution in [-0.2, 0) is 0 Å². The highest BCUT2D eigenvalue weighted by atomic mass is 16.5. The molecule has 0 amide bonds. The van der Waals surface area contributed by atoms with Gasteiger partial charge in [-0.2, -0.15) is 0 Å². The van der Waals surface area contributed by atoms with Gasteiger partial charge in [-0.1, -0.05) is 6.07 Å². The summed E-state index contributed by atoms with van der Waals surface area (Å²) in [6.45, 7) is 2.44. The van der Waals surface area contributed by atoms with E-state index in [0.29, 0.717) is 19.3 Å². The molecule has 4 heteroatoms. The van der Waals surface area contributed by atoms with Crippen molar-refractivity contribution in [1.29, 1.82) is 0 Å². The van der Waals surface area contributed by atoms with E-state index < -0.39 is 6.10 Å². The van der Waals surface area contributed by atoms with Crippen LogP contribution in [-0.4, -0.2) is 30.9 Å². The fourth-order valence-corrected chi connectivity index (χ4v) is 2.75. The molecule has 0 saturated carbocycles. The molecule has 1 aromatic rings. The molecule has 1 aromatic carbocycles. The van der Waals surface area contributed by atoms with Gasteiger partial charge in [0.15, 0.2) is 11.5 Å². The van der Waals surface area contributed by atoms with Gasteiger partial charge in [0.2, 0.25) is 0 Å². The summed E-state index contributed by atoms with van der Waals surface area (Å²) in [5.41, 5.74) is 0.915. The SMILES string of the molecule is OC(CC1CCCN1)c1ccc2c(c1)OCCCO2. The lowest BCUT2D eigenvalue weighted by Gasteiger charge is -2.17. The second kappa shape index (κ2) is 5.80. The molecule has 2 atom stereocenters. The van der Waals surface area contributed by atoms with E-state index in [4.69, 9.17) is 9.47 Å². The first-order chi connectivity index (χ1) is 9.33. The van der Waals surface area contributed by atoms with Gasteiger partial charge in [-0.05, 0) is 43.5 Å². The van der Waals surface area contributed by atoms with Crippen molar-refractivity contribution >= 4 is 0 Å². The average molecular weight is 263 g/mol. The lowest BCUT2D eigenvalue weighted by molar-refractivity contribution is 0.154. The summed E-state index contributed by atoms with van der Waals surface area (Å²) >= 11 is 0. The van der Waals surface area contributed by atoms with E-state index in [0.717, 1.165) is 42.9 Å². The van der Waals surface area contributed by atoms with Crippen molar-refractivity contribution in [1.82, 2.24) is 5.32 Å². The number of aliphatic hydroxyl groups excluding tert-OH is 1. The molecule has 104 valence electrons. The first-order valence-electron chi connectivity index (χ1n) is 7.14. The number of ether oxygens (including phenoxy) is 2. The van der Waals surface area contributed by atoms with Gasteiger partial charge in [-0.3, -0.25) is 0 Å². The first-order valence-corrected chi connectivity index (χ1v) is 7.14. The van der Waals surface area contributed by atoms with Crippen LogP contribution in [0.2, 0.25) is 0 Å². The Kier molecular flexibility index (Phi) is 3.89. The van der Waals surface area contributed by atoms with E-state index >= 15 is 0 Å². The van der Waals surface area contributed by atoms with Crippen LogP contribution in [0.3, 0.4) is 0 Å². The monoisotopic (exact) mass is 263 g/mol. The summed E-state index contributed by atoms with van der Waals surface area (Å²) in [4.78, 5) is 0. The lowest BCUT2D eigenvalue weighted by Crippen LogP contribution is -2.23. The van der Waals surface area contributed by atoms with Crippen molar-refractivity contribution in [3.8, 4) is 11.5 Å². The third-order valence-corrected chi connectivity index (χ3v) is 3.83. The summed E-state index contributed by atoms with van der Waals surface area (Å²) < 4.78 is 11.3. The van der Waals surface area contributed by atoms with Gasteiger partial charge in [0, 0.05) is 12.5 Å². The maximum atomic E-state index is 10.3. The second-order valence-electron chi connectivity index (χ2n) is 5.30. The summed E-state index contributed by atoms with van der Waals surface area (Å²) in [6.07, 6.45) is 3.59. The largest absolute Gasteiger partial charge is 0.490 e. The average Bonchev–Trinajstić information content (AvgIpc) is 2.81. The maximum Gasteiger partial charge on any atom is 0.161 e. The van der Waals surface area contributed by atoms with Crippen LogP contribution in [0.25, 0.3) is 0 Å². The van der Waals surface area contributed by atoms with Crippen molar-refractivity contribution < 1.29 is 14.6 Å². The van der Waals surface area contributed by atoms with Crippen LogP contribution in [0.15, 0.2) is 18.2 Å². The van der Waals surface area contributed by atoms with E-state index in [1.807, 2.05) is 18.2 Å². The summed E-state index contributed by atoms with van der Waals surface area (Å²) in [5, 5.41) is 13.7. The van der Waals surface area contributed by atoms with Crippen molar-refractivity contribution in [2.75, 3.05) is 19.8 Å². The molecule has 2 heterocycles. The molecule has 0 bridgehead atoms. The molecule has 2 aliphatic rings. The minimum Gasteiger partial charge on any atom is -0.490 e. The molecule has 0 aliphatic carbocycles. The highest BCUT2D eigenvalue weighted by molar-refractivity contribution is 5.44. The maximum absolute atomic E-state index is 10.3. The topological polar surface area (TPSA) is 50.7 Å². The Bertz CT molecular complexity index is 429. The lowest BCUT2D eigenvalue weighted by atomic mass is 10.0. The van der Waals surface area contributed by atoms with E-state index in [9.17, 15) is 5.11 Å². The zero-order valence-corrected chi connectivity index (χ0v) is 11.1. The normalized spacial score (nSPS) is 23.9. The van der Waals surface area contributed by atoms with Crippen molar-refractivity contribution in [3.63, 3.8) is 0 Å². The van der Waals surface area contributed by atoms with Crippen molar-refractivity contribution in [3.05, 3.63) is 23.8 Å². The predicted molar refractivity (Wildman–Crippen MR) is 72.7 cm³/mol. The number of fused-ring (bicyclic) bond motifs is 1. The summed E-state index contributed by atoms with van der Waals surface area (Å²) in [7, 11) is 0. The smallest absolute Gasteiger partial charge is 0.161 e. The molecule has 0 spiro atoms. The fourth-order valence-electron chi connectivity index (χ4n) is 2.75. The van der Waals surface area contributed by atoms with E-state index in [1.165, 1.54) is 6.42 Å². The molecule has 4 nitrogen and oxygen atoms in total. The molecule has 0 aromatic heterocycles. The van der Waals surface area contributed by atoms with Crippen molar-refractivity contribution in [2.24, 2.45) is 0 Å². The summed E-state index contributed by atoms with van der Waals surface area (Å²) in [6, 6.07) is 6.19. The van der Waals surface area contributed by atoms with Crippen LogP contribution in [0.5, 0.6) is 11.5 Å². The van der Waals surface area contributed by atoms with E-state index in [2.05, 4.69) is 5.32 Å².